The Kier molecular flexibility index (Phi) is 3.57. The van der Waals surface area contributed by atoms with Crippen LogP contribution in [0.25, 0.3) is 0 Å². The number of sulfonamides is 1. The number of aromatic nitrogens is 1. The van der Waals surface area contributed by atoms with E-state index in [0.29, 0.717) is 5.69 Å². The summed E-state index contributed by atoms with van der Waals surface area (Å²) in [6.45, 7) is 1.09. The van der Waals surface area contributed by atoms with Gasteiger partial charge in [-0.2, -0.15) is 0 Å². The van der Waals surface area contributed by atoms with E-state index in [4.69, 9.17) is 0 Å². The number of nitrogens with zero attached hydrogens (tertiary/aromatic N) is 1. The molecule has 0 spiro atoms. The highest BCUT2D eigenvalue weighted by molar-refractivity contribution is 7.89. The molecule has 1 aliphatic rings. The highest BCUT2D eigenvalue weighted by Gasteiger charge is 2.21. The van der Waals surface area contributed by atoms with Crippen LogP contribution in [-0.2, 0) is 16.6 Å². The van der Waals surface area contributed by atoms with Crippen molar-refractivity contribution in [2.75, 3.05) is 12.3 Å². The summed E-state index contributed by atoms with van der Waals surface area (Å²) in [7, 11) is -3.24. The van der Waals surface area contributed by atoms with Crippen LogP contribution in [0.4, 0.5) is 0 Å². The lowest BCUT2D eigenvalue weighted by Crippen LogP contribution is -2.36. The first-order chi connectivity index (χ1) is 7.66. The SMILES string of the molecule is O=S(=O)(CC1CCCN1)NCc1ccon1. The Morgan fingerprint density at radius 2 is 2.50 bits per heavy atom. The average Bonchev–Trinajstić information content (AvgIpc) is 2.85. The summed E-state index contributed by atoms with van der Waals surface area (Å²) >= 11 is 0. The summed E-state index contributed by atoms with van der Waals surface area (Å²) in [5, 5.41) is 6.79. The Bertz CT molecular complexity index is 409. The number of nitrogens with one attached hydrogen (secondary N) is 2. The molecule has 0 radical (unpaired) electrons. The first-order valence-corrected chi connectivity index (χ1v) is 6.91. The van der Waals surface area contributed by atoms with Crippen molar-refractivity contribution < 1.29 is 12.9 Å². The fourth-order valence-electron chi connectivity index (χ4n) is 1.74. The standard InChI is InChI=1S/C9H15N3O3S/c13-16(14,7-9-2-1-4-10-9)11-6-8-3-5-15-12-8/h3,5,9-11H,1-2,4,6-7H2. The Balaban J connectivity index is 1.82. The van der Waals surface area contributed by atoms with Crippen molar-refractivity contribution in [2.24, 2.45) is 0 Å². The fraction of sp³-hybridized carbons (Fsp3) is 0.667. The zero-order chi connectivity index (χ0) is 11.4. The maximum atomic E-state index is 11.7. The summed E-state index contributed by atoms with van der Waals surface area (Å²) in [5.41, 5.74) is 0.586. The van der Waals surface area contributed by atoms with Gasteiger partial charge >= 0.3 is 0 Å². The van der Waals surface area contributed by atoms with Gasteiger partial charge in [0.1, 0.15) is 6.26 Å². The van der Waals surface area contributed by atoms with Gasteiger partial charge in [0, 0.05) is 12.1 Å². The van der Waals surface area contributed by atoms with Crippen LogP contribution in [0.5, 0.6) is 0 Å². The lowest BCUT2D eigenvalue weighted by Gasteiger charge is -2.10. The molecule has 90 valence electrons. The molecular formula is C9H15N3O3S. The molecule has 0 aliphatic carbocycles. The predicted octanol–water partition coefficient (Wildman–Crippen LogP) is -0.154. The molecule has 1 aromatic heterocycles. The fourth-order valence-corrected chi connectivity index (χ4v) is 3.04. The molecule has 1 unspecified atom stereocenters. The lowest BCUT2D eigenvalue weighted by molar-refractivity contribution is 0.411. The third kappa shape index (κ3) is 3.29. The van der Waals surface area contributed by atoms with Crippen LogP contribution in [0, 0.1) is 0 Å². The molecule has 16 heavy (non-hydrogen) atoms. The largest absolute Gasteiger partial charge is 0.364 e. The minimum Gasteiger partial charge on any atom is -0.364 e. The quantitative estimate of drug-likeness (QED) is 0.753. The molecule has 0 bridgehead atoms. The van der Waals surface area contributed by atoms with Crippen molar-refractivity contribution in [3.8, 4) is 0 Å². The molecule has 6 nitrogen and oxygen atoms in total. The third-order valence-electron chi connectivity index (χ3n) is 2.55. The molecule has 1 aromatic rings. The van der Waals surface area contributed by atoms with Gasteiger partial charge in [-0.3, -0.25) is 0 Å². The van der Waals surface area contributed by atoms with Crippen molar-refractivity contribution in [1.82, 2.24) is 15.2 Å². The van der Waals surface area contributed by atoms with Crippen LogP contribution >= 0.6 is 0 Å². The average molecular weight is 245 g/mol. The van der Waals surface area contributed by atoms with E-state index < -0.39 is 10.0 Å². The molecule has 2 heterocycles. The van der Waals surface area contributed by atoms with E-state index in [1.165, 1.54) is 6.26 Å². The van der Waals surface area contributed by atoms with Crippen molar-refractivity contribution in [3.63, 3.8) is 0 Å². The van der Waals surface area contributed by atoms with Crippen LogP contribution in [0.1, 0.15) is 18.5 Å². The van der Waals surface area contributed by atoms with Gasteiger partial charge in [-0.05, 0) is 19.4 Å². The minimum absolute atomic E-state index is 0.0785. The summed E-state index contributed by atoms with van der Waals surface area (Å²) < 4.78 is 30.5. The van der Waals surface area contributed by atoms with Crippen molar-refractivity contribution in [2.45, 2.75) is 25.4 Å². The topological polar surface area (TPSA) is 84.2 Å². The Morgan fingerprint density at radius 1 is 1.62 bits per heavy atom. The molecule has 1 saturated heterocycles. The summed E-state index contributed by atoms with van der Waals surface area (Å²) in [6.07, 6.45) is 3.39. The monoisotopic (exact) mass is 245 g/mol. The Labute approximate surface area is 94.4 Å². The number of rotatable bonds is 5. The summed E-state index contributed by atoms with van der Waals surface area (Å²) in [6, 6.07) is 1.71. The van der Waals surface area contributed by atoms with Gasteiger partial charge in [0.2, 0.25) is 10.0 Å². The van der Waals surface area contributed by atoms with Crippen LogP contribution in [0.2, 0.25) is 0 Å². The lowest BCUT2D eigenvalue weighted by atomic mass is 10.3. The second kappa shape index (κ2) is 4.94. The summed E-state index contributed by atoms with van der Waals surface area (Å²) in [5.74, 6) is 0.130. The van der Waals surface area contributed by atoms with E-state index in [1.54, 1.807) is 6.07 Å². The molecule has 1 fully saturated rings. The summed E-state index contributed by atoms with van der Waals surface area (Å²) in [4.78, 5) is 0. The van der Waals surface area contributed by atoms with Crippen molar-refractivity contribution in [3.05, 3.63) is 18.0 Å². The van der Waals surface area contributed by atoms with Crippen LogP contribution in [-0.4, -0.2) is 31.9 Å². The van der Waals surface area contributed by atoms with E-state index in [1.807, 2.05) is 0 Å². The zero-order valence-electron chi connectivity index (χ0n) is 8.85. The smallest absolute Gasteiger partial charge is 0.213 e. The van der Waals surface area contributed by atoms with Crippen LogP contribution in [0.15, 0.2) is 16.9 Å². The second-order valence-corrected chi connectivity index (χ2v) is 5.74. The van der Waals surface area contributed by atoms with E-state index in [-0.39, 0.29) is 18.3 Å². The molecular weight excluding hydrogens is 230 g/mol. The van der Waals surface area contributed by atoms with Gasteiger partial charge in [0.15, 0.2) is 0 Å². The highest BCUT2D eigenvalue weighted by atomic mass is 32.2. The first-order valence-electron chi connectivity index (χ1n) is 5.26. The van der Waals surface area contributed by atoms with Gasteiger partial charge in [-0.1, -0.05) is 5.16 Å². The van der Waals surface area contributed by atoms with E-state index in [0.717, 1.165) is 19.4 Å². The molecule has 0 amide bonds. The third-order valence-corrected chi connectivity index (χ3v) is 3.97. The normalized spacial score (nSPS) is 21.4. The van der Waals surface area contributed by atoms with E-state index in [2.05, 4.69) is 19.7 Å². The van der Waals surface area contributed by atoms with Gasteiger partial charge in [-0.25, -0.2) is 13.1 Å². The Morgan fingerprint density at radius 3 is 3.12 bits per heavy atom. The predicted molar refractivity (Wildman–Crippen MR) is 58.2 cm³/mol. The first kappa shape index (κ1) is 11.6. The molecule has 0 aromatic carbocycles. The second-order valence-electron chi connectivity index (χ2n) is 3.89. The van der Waals surface area contributed by atoms with Gasteiger partial charge in [0.25, 0.3) is 0 Å². The number of hydrogen-bond acceptors (Lipinski definition) is 5. The molecule has 1 aliphatic heterocycles. The van der Waals surface area contributed by atoms with Crippen LogP contribution < -0.4 is 10.0 Å². The number of hydrogen-bond donors (Lipinski definition) is 2. The molecule has 7 heteroatoms. The maximum Gasteiger partial charge on any atom is 0.213 e. The van der Waals surface area contributed by atoms with Crippen molar-refractivity contribution in [1.29, 1.82) is 0 Å². The van der Waals surface area contributed by atoms with Gasteiger partial charge < -0.3 is 9.84 Å². The molecule has 0 saturated carbocycles. The molecule has 2 rings (SSSR count). The van der Waals surface area contributed by atoms with Crippen molar-refractivity contribution >= 4 is 10.0 Å². The van der Waals surface area contributed by atoms with Gasteiger partial charge in [-0.15, -0.1) is 0 Å². The van der Waals surface area contributed by atoms with Gasteiger partial charge in [0.05, 0.1) is 18.0 Å². The molecule has 2 N–H and O–H groups in total. The minimum atomic E-state index is -3.24. The Hall–Kier alpha value is -0.920. The van der Waals surface area contributed by atoms with E-state index in [9.17, 15) is 8.42 Å². The highest BCUT2D eigenvalue weighted by Crippen LogP contribution is 2.07. The van der Waals surface area contributed by atoms with Crippen LogP contribution in [0.3, 0.4) is 0 Å². The van der Waals surface area contributed by atoms with E-state index >= 15 is 0 Å². The molecule has 1 atom stereocenters. The maximum absolute atomic E-state index is 11.7. The zero-order valence-corrected chi connectivity index (χ0v) is 9.66.